The van der Waals surface area contributed by atoms with E-state index in [1.165, 1.54) is 0 Å². The predicted octanol–water partition coefficient (Wildman–Crippen LogP) is 2.03. The number of amides is 1. The summed E-state index contributed by atoms with van der Waals surface area (Å²) >= 11 is 1.56. The van der Waals surface area contributed by atoms with Gasteiger partial charge in [-0.25, -0.2) is 0 Å². The molecule has 0 bridgehead atoms. The number of nitrogens with one attached hydrogen (secondary N) is 1. The van der Waals surface area contributed by atoms with Crippen LogP contribution in [0.5, 0.6) is 5.75 Å². The van der Waals surface area contributed by atoms with Gasteiger partial charge in [-0.1, -0.05) is 6.07 Å². The SMILES string of the molecule is COc1cccc(SCC(=O)N2CCNC[C@@H]2C)c1.Cl. The van der Waals surface area contributed by atoms with Gasteiger partial charge in [0, 0.05) is 30.6 Å². The van der Waals surface area contributed by atoms with Crippen molar-refractivity contribution in [3.63, 3.8) is 0 Å². The van der Waals surface area contributed by atoms with Gasteiger partial charge in [0.05, 0.1) is 12.9 Å². The molecule has 1 aromatic rings. The molecule has 1 aliphatic rings. The first-order chi connectivity index (χ1) is 9.20. The number of ether oxygens (including phenoxy) is 1. The number of methoxy groups -OCH3 is 1. The van der Waals surface area contributed by atoms with Crippen LogP contribution in [0.2, 0.25) is 0 Å². The van der Waals surface area contributed by atoms with E-state index in [1.807, 2.05) is 29.2 Å². The lowest BCUT2D eigenvalue weighted by atomic mass is 10.2. The summed E-state index contributed by atoms with van der Waals surface area (Å²) < 4.78 is 5.18. The van der Waals surface area contributed by atoms with E-state index in [2.05, 4.69) is 12.2 Å². The molecule has 1 fully saturated rings. The van der Waals surface area contributed by atoms with Crippen LogP contribution in [0.3, 0.4) is 0 Å². The normalized spacial score (nSPS) is 18.3. The summed E-state index contributed by atoms with van der Waals surface area (Å²) in [5, 5.41) is 3.29. The molecule has 4 nitrogen and oxygen atoms in total. The Morgan fingerprint density at radius 1 is 1.55 bits per heavy atom. The summed E-state index contributed by atoms with van der Waals surface area (Å²) in [5.74, 6) is 1.52. The first-order valence-corrected chi connectivity index (χ1v) is 7.46. The number of hydrogen-bond acceptors (Lipinski definition) is 4. The highest BCUT2D eigenvalue weighted by Crippen LogP contribution is 2.23. The lowest BCUT2D eigenvalue weighted by molar-refractivity contribution is -0.131. The van der Waals surface area contributed by atoms with Crippen molar-refractivity contribution >= 4 is 30.1 Å². The van der Waals surface area contributed by atoms with Gasteiger partial charge in [0.1, 0.15) is 5.75 Å². The van der Waals surface area contributed by atoms with Crippen molar-refractivity contribution in [2.75, 3.05) is 32.5 Å². The monoisotopic (exact) mass is 316 g/mol. The second-order valence-electron chi connectivity index (χ2n) is 4.61. The highest BCUT2D eigenvalue weighted by molar-refractivity contribution is 8.00. The van der Waals surface area contributed by atoms with Crippen LogP contribution in [0.1, 0.15) is 6.92 Å². The minimum Gasteiger partial charge on any atom is -0.497 e. The van der Waals surface area contributed by atoms with Crippen LogP contribution in [-0.2, 0) is 4.79 Å². The van der Waals surface area contributed by atoms with Crippen LogP contribution in [-0.4, -0.2) is 49.3 Å². The van der Waals surface area contributed by atoms with Gasteiger partial charge in [-0.2, -0.15) is 0 Å². The van der Waals surface area contributed by atoms with Crippen LogP contribution in [0.4, 0.5) is 0 Å². The summed E-state index contributed by atoms with van der Waals surface area (Å²) in [5.41, 5.74) is 0. The number of carbonyl (C=O) groups is 1. The average Bonchev–Trinajstić information content (AvgIpc) is 2.45. The maximum Gasteiger partial charge on any atom is 0.233 e. The molecular weight excluding hydrogens is 296 g/mol. The molecular formula is C14H21ClN2O2S. The molecule has 20 heavy (non-hydrogen) atoms. The van der Waals surface area contributed by atoms with E-state index in [9.17, 15) is 4.79 Å². The second-order valence-corrected chi connectivity index (χ2v) is 5.66. The van der Waals surface area contributed by atoms with Gasteiger partial charge < -0.3 is 15.0 Å². The van der Waals surface area contributed by atoms with Crippen molar-refractivity contribution in [1.82, 2.24) is 10.2 Å². The molecule has 0 saturated carbocycles. The molecule has 0 spiro atoms. The number of nitrogens with zero attached hydrogens (tertiary/aromatic N) is 1. The third-order valence-electron chi connectivity index (χ3n) is 3.23. The molecule has 112 valence electrons. The number of piperazine rings is 1. The lowest BCUT2D eigenvalue weighted by Gasteiger charge is -2.33. The summed E-state index contributed by atoms with van der Waals surface area (Å²) in [4.78, 5) is 15.2. The molecule has 0 unspecified atom stereocenters. The third-order valence-corrected chi connectivity index (χ3v) is 4.20. The fourth-order valence-electron chi connectivity index (χ4n) is 2.13. The first kappa shape index (κ1) is 17.1. The zero-order valence-corrected chi connectivity index (χ0v) is 13.4. The Labute approximate surface area is 130 Å². The van der Waals surface area contributed by atoms with Gasteiger partial charge in [-0.3, -0.25) is 4.79 Å². The number of carbonyl (C=O) groups excluding carboxylic acids is 1. The van der Waals surface area contributed by atoms with Gasteiger partial charge in [0.25, 0.3) is 0 Å². The minimum atomic E-state index is 0. The Kier molecular flexibility index (Phi) is 7.19. The van der Waals surface area contributed by atoms with Gasteiger partial charge >= 0.3 is 0 Å². The Morgan fingerprint density at radius 2 is 2.35 bits per heavy atom. The van der Waals surface area contributed by atoms with E-state index in [4.69, 9.17) is 4.74 Å². The molecule has 0 aromatic heterocycles. The Balaban J connectivity index is 0.00000200. The zero-order valence-electron chi connectivity index (χ0n) is 11.8. The number of halogens is 1. The van der Waals surface area contributed by atoms with E-state index >= 15 is 0 Å². The Bertz CT molecular complexity index is 445. The highest BCUT2D eigenvalue weighted by Gasteiger charge is 2.22. The summed E-state index contributed by atoms with van der Waals surface area (Å²) in [7, 11) is 1.65. The number of thioether (sulfide) groups is 1. The zero-order chi connectivity index (χ0) is 13.7. The predicted molar refractivity (Wildman–Crippen MR) is 85.0 cm³/mol. The molecule has 1 amide bonds. The van der Waals surface area contributed by atoms with Crippen LogP contribution < -0.4 is 10.1 Å². The van der Waals surface area contributed by atoms with E-state index in [0.717, 1.165) is 30.3 Å². The molecule has 1 atom stereocenters. The molecule has 1 N–H and O–H groups in total. The second kappa shape index (κ2) is 8.39. The molecule has 0 radical (unpaired) electrons. The Hall–Kier alpha value is -0.910. The van der Waals surface area contributed by atoms with Crippen LogP contribution in [0, 0.1) is 0 Å². The van der Waals surface area contributed by atoms with Crippen molar-refractivity contribution in [1.29, 1.82) is 0 Å². The van der Waals surface area contributed by atoms with Crippen molar-refractivity contribution in [3.8, 4) is 5.75 Å². The largest absolute Gasteiger partial charge is 0.497 e. The fraction of sp³-hybridized carbons (Fsp3) is 0.500. The van der Waals surface area contributed by atoms with Gasteiger partial charge in [-0.15, -0.1) is 24.2 Å². The van der Waals surface area contributed by atoms with Gasteiger partial charge in [0.15, 0.2) is 0 Å². The van der Waals surface area contributed by atoms with E-state index < -0.39 is 0 Å². The van der Waals surface area contributed by atoms with Gasteiger partial charge in [0.2, 0.25) is 5.91 Å². The minimum absolute atomic E-state index is 0. The maximum absolute atomic E-state index is 12.2. The highest BCUT2D eigenvalue weighted by atomic mass is 35.5. The van der Waals surface area contributed by atoms with Crippen molar-refractivity contribution in [3.05, 3.63) is 24.3 Å². The molecule has 1 saturated heterocycles. The smallest absolute Gasteiger partial charge is 0.233 e. The van der Waals surface area contributed by atoms with Crippen molar-refractivity contribution < 1.29 is 9.53 Å². The summed E-state index contributed by atoms with van der Waals surface area (Å²) in [6.07, 6.45) is 0. The topological polar surface area (TPSA) is 41.6 Å². The quantitative estimate of drug-likeness (QED) is 0.863. The van der Waals surface area contributed by atoms with E-state index in [-0.39, 0.29) is 24.4 Å². The number of benzene rings is 1. The molecule has 2 rings (SSSR count). The average molecular weight is 317 g/mol. The van der Waals surface area contributed by atoms with Crippen molar-refractivity contribution in [2.45, 2.75) is 17.9 Å². The Morgan fingerprint density at radius 3 is 3.05 bits per heavy atom. The van der Waals surface area contributed by atoms with E-state index in [0.29, 0.717) is 5.75 Å². The third kappa shape index (κ3) is 4.58. The summed E-state index contributed by atoms with van der Waals surface area (Å²) in [6.45, 7) is 4.66. The number of hydrogen-bond donors (Lipinski definition) is 1. The van der Waals surface area contributed by atoms with Crippen LogP contribution in [0.15, 0.2) is 29.2 Å². The van der Waals surface area contributed by atoms with Crippen LogP contribution >= 0.6 is 24.2 Å². The molecule has 1 aliphatic heterocycles. The number of rotatable bonds is 4. The van der Waals surface area contributed by atoms with Crippen LogP contribution in [0.25, 0.3) is 0 Å². The molecule has 1 aromatic carbocycles. The van der Waals surface area contributed by atoms with E-state index in [1.54, 1.807) is 18.9 Å². The lowest BCUT2D eigenvalue weighted by Crippen LogP contribution is -2.52. The molecule has 0 aliphatic carbocycles. The first-order valence-electron chi connectivity index (χ1n) is 6.47. The summed E-state index contributed by atoms with van der Waals surface area (Å²) in [6, 6.07) is 8.09. The molecule has 6 heteroatoms. The van der Waals surface area contributed by atoms with Gasteiger partial charge in [-0.05, 0) is 25.1 Å². The van der Waals surface area contributed by atoms with Crippen molar-refractivity contribution in [2.24, 2.45) is 0 Å². The maximum atomic E-state index is 12.2. The molecule has 1 heterocycles. The fourth-order valence-corrected chi connectivity index (χ4v) is 2.96. The standard InChI is InChI=1S/C14H20N2O2S.ClH/c1-11-9-15-6-7-16(11)14(17)10-19-13-5-3-4-12(8-13)18-2;/h3-5,8,11,15H,6-7,9-10H2,1-2H3;1H/t11-;/m0./s1.